The summed E-state index contributed by atoms with van der Waals surface area (Å²) in [6.07, 6.45) is 2.10. The van der Waals surface area contributed by atoms with Gasteiger partial charge in [0.25, 0.3) is 0 Å². The molecule has 1 atom stereocenters. The van der Waals surface area contributed by atoms with Gasteiger partial charge < -0.3 is 10.1 Å². The van der Waals surface area contributed by atoms with E-state index in [1.54, 1.807) is 13.0 Å². The van der Waals surface area contributed by atoms with Crippen molar-refractivity contribution in [3.05, 3.63) is 64.5 Å². The monoisotopic (exact) mass is 285 g/mol. The van der Waals surface area contributed by atoms with Crippen LogP contribution in [-0.4, -0.2) is 13.7 Å². The number of halogens is 1. The Morgan fingerprint density at radius 2 is 1.90 bits per heavy atom. The van der Waals surface area contributed by atoms with E-state index in [0.29, 0.717) is 5.56 Å². The molecule has 0 fully saturated rings. The molecule has 1 aliphatic rings. The third kappa shape index (κ3) is 2.79. The van der Waals surface area contributed by atoms with Crippen molar-refractivity contribution in [2.45, 2.75) is 25.8 Å². The molecule has 0 amide bonds. The molecule has 1 N–H and O–H groups in total. The van der Waals surface area contributed by atoms with E-state index in [1.807, 2.05) is 25.2 Å². The zero-order chi connectivity index (χ0) is 14.8. The molecule has 2 aromatic rings. The summed E-state index contributed by atoms with van der Waals surface area (Å²) in [5.74, 6) is 0.823. The number of fused-ring (bicyclic) bond motifs is 1. The molecular weight excluding hydrogens is 265 g/mol. The summed E-state index contributed by atoms with van der Waals surface area (Å²) in [6, 6.07) is 11.7. The summed E-state index contributed by atoms with van der Waals surface area (Å²) in [6.45, 7) is 2.58. The van der Waals surface area contributed by atoms with Gasteiger partial charge in [-0.25, -0.2) is 4.39 Å². The fraction of sp³-hybridized carbons (Fsp3) is 0.333. The Hall–Kier alpha value is -1.87. The summed E-state index contributed by atoms with van der Waals surface area (Å²) >= 11 is 0. The van der Waals surface area contributed by atoms with Gasteiger partial charge in [-0.1, -0.05) is 24.3 Å². The molecule has 1 aliphatic heterocycles. The lowest BCUT2D eigenvalue weighted by molar-refractivity contribution is 0.288. The number of aryl methyl sites for hydroxylation is 2. The minimum atomic E-state index is -0.158. The fourth-order valence-electron chi connectivity index (χ4n) is 2.87. The first-order valence-corrected chi connectivity index (χ1v) is 7.38. The van der Waals surface area contributed by atoms with Gasteiger partial charge in [0, 0.05) is 0 Å². The highest BCUT2D eigenvalue weighted by Crippen LogP contribution is 2.30. The maximum atomic E-state index is 13.8. The first-order valence-electron chi connectivity index (χ1n) is 7.38. The number of ether oxygens (including phenoxy) is 1. The number of benzene rings is 2. The highest BCUT2D eigenvalue weighted by Gasteiger charge is 2.17. The topological polar surface area (TPSA) is 21.3 Å². The van der Waals surface area contributed by atoms with Crippen molar-refractivity contribution < 1.29 is 9.13 Å². The lowest BCUT2D eigenvalue weighted by Crippen LogP contribution is -2.19. The minimum absolute atomic E-state index is 0.00711. The first-order chi connectivity index (χ1) is 10.2. The molecule has 3 heteroatoms. The zero-order valence-corrected chi connectivity index (χ0v) is 12.4. The van der Waals surface area contributed by atoms with Crippen LogP contribution in [0, 0.1) is 12.7 Å². The van der Waals surface area contributed by atoms with Crippen molar-refractivity contribution >= 4 is 0 Å². The summed E-state index contributed by atoms with van der Waals surface area (Å²) in [7, 11) is 1.90. The predicted octanol–water partition coefficient (Wildman–Crippen LogP) is 3.77. The normalized spacial score (nSPS) is 15.2. The lowest BCUT2D eigenvalue weighted by atomic mass is 9.94. The molecular formula is C18H20FNO. The van der Waals surface area contributed by atoms with Gasteiger partial charge in [0.1, 0.15) is 11.6 Å². The molecule has 3 rings (SSSR count). The molecule has 2 nitrogen and oxygen atoms in total. The zero-order valence-electron chi connectivity index (χ0n) is 12.4. The maximum absolute atomic E-state index is 13.8. The van der Waals surface area contributed by atoms with Gasteiger partial charge in [-0.05, 0) is 61.2 Å². The Bertz CT molecular complexity index is 654. The average Bonchev–Trinajstić information content (AvgIpc) is 2.51. The van der Waals surface area contributed by atoms with Crippen molar-refractivity contribution in [1.82, 2.24) is 5.32 Å². The van der Waals surface area contributed by atoms with Gasteiger partial charge >= 0.3 is 0 Å². The molecule has 0 spiro atoms. The molecule has 0 radical (unpaired) electrons. The van der Waals surface area contributed by atoms with Crippen LogP contribution in [-0.2, 0) is 6.42 Å². The van der Waals surface area contributed by atoms with Gasteiger partial charge in [0.2, 0.25) is 0 Å². The number of hydrogen-bond acceptors (Lipinski definition) is 2. The maximum Gasteiger partial charge on any atom is 0.126 e. The fourth-order valence-corrected chi connectivity index (χ4v) is 2.87. The SMILES string of the molecule is CNC(c1ccc(C)c(F)c1)c1ccc2c(c1)CCCO2. The van der Waals surface area contributed by atoms with E-state index in [-0.39, 0.29) is 11.9 Å². The van der Waals surface area contributed by atoms with Crippen LogP contribution in [0.15, 0.2) is 36.4 Å². The molecule has 0 aromatic heterocycles. The van der Waals surface area contributed by atoms with E-state index in [2.05, 4.69) is 17.4 Å². The summed E-state index contributed by atoms with van der Waals surface area (Å²) in [5.41, 5.74) is 4.00. The van der Waals surface area contributed by atoms with Crippen LogP contribution in [0.3, 0.4) is 0 Å². The average molecular weight is 285 g/mol. The van der Waals surface area contributed by atoms with Crippen LogP contribution >= 0.6 is 0 Å². The van der Waals surface area contributed by atoms with Gasteiger partial charge in [-0.3, -0.25) is 0 Å². The number of nitrogens with one attached hydrogen (secondary N) is 1. The van der Waals surface area contributed by atoms with E-state index in [9.17, 15) is 4.39 Å². The van der Waals surface area contributed by atoms with E-state index in [4.69, 9.17) is 4.74 Å². The molecule has 0 aliphatic carbocycles. The minimum Gasteiger partial charge on any atom is -0.493 e. The van der Waals surface area contributed by atoms with Crippen LogP contribution in [0.4, 0.5) is 4.39 Å². The van der Waals surface area contributed by atoms with E-state index >= 15 is 0 Å². The quantitative estimate of drug-likeness (QED) is 0.927. The smallest absolute Gasteiger partial charge is 0.126 e. The molecule has 2 aromatic carbocycles. The largest absolute Gasteiger partial charge is 0.493 e. The highest BCUT2D eigenvalue weighted by atomic mass is 19.1. The second-order valence-corrected chi connectivity index (χ2v) is 5.55. The van der Waals surface area contributed by atoms with Gasteiger partial charge in [0.15, 0.2) is 0 Å². The molecule has 110 valence electrons. The van der Waals surface area contributed by atoms with Crippen LogP contribution in [0.25, 0.3) is 0 Å². The van der Waals surface area contributed by atoms with E-state index in [0.717, 1.165) is 36.3 Å². The summed E-state index contributed by atoms with van der Waals surface area (Å²) in [4.78, 5) is 0. The number of hydrogen-bond donors (Lipinski definition) is 1. The second-order valence-electron chi connectivity index (χ2n) is 5.55. The van der Waals surface area contributed by atoms with Gasteiger partial charge in [-0.15, -0.1) is 0 Å². The third-order valence-corrected chi connectivity index (χ3v) is 4.08. The molecule has 0 saturated heterocycles. The van der Waals surface area contributed by atoms with Crippen molar-refractivity contribution in [2.75, 3.05) is 13.7 Å². The second kappa shape index (κ2) is 5.86. The van der Waals surface area contributed by atoms with Crippen molar-refractivity contribution in [3.8, 4) is 5.75 Å². The van der Waals surface area contributed by atoms with Crippen molar-refractivity contribution in [1.29, 1.82) is 0 Å². The molecule has 0 bridgehead atoms. The van der Waals surface area contributed by atoms with Crippen molar-refractivity contribution in [2.24, 2.45) is 0 Å². The Kier molecular flexibility index (Phi) is 3.93. The van der Waals surface area contributed by atoms with Gasteiger partial charge in [0.05, 0.1) is 12.6 Å². The Morgan fingerprint density at radius 3 is 2.67 bits per heavy atom. The summed E-state index contributed by atoms with van der Waals surface area (Å²) < 4.78 is 19.5. The molecule has 1 unspecified atom stereocenters. The standard InChI is InChI=1S/C18H20FNO/c1-12-5-6-15(11-16(12)19)18(20-2)14-7-8-17-13(10-14)4-3-9-21-17/h5-8,10-11,18,20H,3-4,9H2,1-2H3. The third-order valence-electron chi connectivity index (χ3n) is 4.08. The lowest BCUT2D eigenvalue weighted by Gasteiger charge is -2.22. The highest BCUT2D eigenvalue weighted by molar-refractivity contribution is 5.42. The van der Waals surface area contributed by atoms with Crippen LogP contribution in [0.2, 0.25) is 0 Å². The predicted molar refractivity (Wildman–Crippen MR) is 82.3 cm³/mol. The van der Waals surface area contributed by atoms with Crippen molar-refractivity contribution in [3.63, 3.8) is 0 Å². The van der Waals surface area contributed by atoms with Crippen LogP contribution < -0.4 is 10.1 Å². The van der Waals surface area contributed by atoms with E-state index in [1.165, 1.54) is 5.56 Å². The first kappa shape index (κ1) is 14.1. The molecule has 1 heterocycles. The Balaban J connectivity index is 1.97. The number of rotatable bonds is 3. The Labute approximate surface area is 125 Å². The van der Waals surface area contributed by atoms with Crippen LogP contribution in [0.1, 0.15) is 34.7 Å². The Morgan fingerprint density at radius 1 is 1.14 bits per heavy atom. The van der Waals surface area contributed by atoms with Gasteiger partial charge in [-0.2, -0.15) is 0 Å². The van der Waals surface area contributed by atoms with Crippen LogP contribution in [0.5, 0.6) is 5.75 Å². The summed E-state index contributed by atoms with van der Waals surface area (Å²) in [5, 5.41) is 3.28. The van der Waals surface area contributed by atoms with E-state index < -0.39 is 0 Å². The molecule has 21 heavy (non-hydrogen) atoms. The molecule has 0 saturated carbocycles.